The van der Waals surface area contributed by atoms with Crippen molar-refractivity contribution >= 4 is 27.7 Å². The van der Waals surface area contributed by atoms with E-state index in [0.29, 0.717) is 16.9 Å². The smallest absolute Gasteiger partial charge is 0.127 e. The van der Waals surface area contributed by atoms with E-state index in [1.807, 2.05) is 30.3 Å². The maximum Gasteiger partial charge on any atom is 0.127 e. The van der Waals surface area contributed by atoms with Crippen molar-refractivity contribution in [2.45, 2.75) is 10.6 Å². The van der Waals surface area contributed by atoms with Crippen molar-refractivity contribution < 1.29 is 4.39 Å². The first-order valence-corrected chi connectivity index (χ1v) is 7.04. The molecule has 1 nitrogen and oxygen atoms in total. The van der Waals surface area contributed by atoms with Crippen LogP contribution in [0.15, 0.2) is 51.8 Å². The Balaban J connectivity index is 2.16. The number of hydrogen-bond donors (Lipinski definition) is 0. The Morgan fingerprint density at radius 1 is 1.22 bits per heavy atom. The molecule has 0 radical (unpaired) electrons. The molecule has 0 heterocycles. The summed E-state index contributed by atoms with van der Waals surface area (Å²) in [5.74, 6) is 0.234. The van der Waals surface area contributed by atoms with Crippen LogP contribution in [0, 0.1) is 17.1 Å². The lowest BCUT2D eigenvalue weighted by Crippen LogP contribution is -1.89. The summed E-state index contributed by atoms with van der Waals surface area (Å²) in [5.41, 5.74) is 1.04. The van der Waals surface area contributed by atoms with E-state index in [1.165, 1.54) is 23.9 Å². The van der Waals surface area contributed by atoms with E-state index in [0.717, 1.165) is 9.37 Å². The maximum atomic E-state index is 13.6. The molecule has 2 aromatic carbocycles. The summed E-state index contributed by atoms with van der Waals surface area (Å²) < 4.78 is 14.6. The molecule has 2 aromatic rings. The number of benzene rings is 2. The lowest BCUT2D eigenvalue weighted by atomic mass is 10.1. The normalized spacial score (nSPS) is 10.1. The maximum absolute atomic E-state index is 13.6. The second kappa shape index (κ2) is 6.03. The number of thioether (sulfide) groups is 1. The lowest BCUT2D eigenvalue weighted by Gasteiger charge is -2.05. The van der Waals surface area contributed by atoms with Crippen LogP contribution >= 0.6 is 27.7 Å². The first kappa shape index (κ1) is 13.1. The summed E-state index contributed by atoms with van der Waals surface area (Å²) in [6.45, 7) is 0. The van der Waals surface area contributed by atoms with Gasteiger partial charge < -0.3 is 0 Å². The zero-order valence-corrected chi connectivity index (χ0v) is 11.8. The molecule has 0 amide bonds. The summed E-state index contributed by atoms with van der Waals surface area (Å²) in [7, 11) is 0. The second-order valence-corrected chi connectivity index (χ2v) is 5.51. The number of nitriles is 1. The fraction of sp³-hybridized carbons (Fsp3) is 0.0714. The molecule has 0 spiro atoms. The van der Waals surface area contributed by atoms with E-state index in [-0.39, 0.29) is 5.82 Å². The highest BCUT2D eigenvalue weighted by molar-refractivity contribution is 9.10. The van der Waals surface area contributed by atoms with Crippen LogP contribution in [0.5, 0.6) is 0 Å². The molecule has 0 saturated heterocycles. The van der Waals surface area contributed by atoms with E-state index in [2.05, 4.69) is 15.9 Å². The molecule has 0 unspecified atom stereocenters. The molecule has 2 rings (SSSR count). The third kappa shape index (κ3) is 3.12. The number of rotatable bonds is 3. The third-order valence-corrected chi connectivity index (χ3v) is 4.47. The van der Waals surface area contributed by atoms with Crippen LogP contribution in [0.1, 0.15) is 11.1 Å². The van der Waals surface area contributed by atoms with Gasteiger partial charge in [-0.3, -0.25) is 0 Å². The van der Waals surface area contributed by atoms with E-state index < -0.39 is 0 Å². The molecule has 18 heavy (non-hydrogen) atoms. The summed E-state index contributed by atoms with van der Waals surface area (Å²) in [6, 6.07) is 14.2. The lowest BCUT2D eigenvalue weighted by molar-refractivity contribution is 0.617. The molecule has 4 heteroatoms. The Labute approximate surface area is 118 Å². The van der Waals surface area contributed by atoms with E-state index in [4.69, 9.17) is 5.26 Å². The predicted molar refractivity (Wildman–Crippen MR) is 74.8 cm³/mol. The van der Waals surface area contributed by atoms with Gasteiger partial charge in [0.05, 0.1) is 11.6 Å². The fourth-order valence-electron chi connectivity index (χ4n) is 1.47. The van der Waals surface area contributed by atoms with Crippen molar-refractivity contribution in [3.8, 4) is 6.07 Å². The van der Waals surface area contributed by atoms with Gasteiger partial charge in [0, 0.05) is 15.1 Å². The van der Waals surface area contributed by atoms with Crippen molar-refractivity contribution in [2.75, 3.05) is 0 Å². The summed E-state index contributed by atoms with van der Waals surface area (Å²) in [4.78, 5) is 1.05. The molecule has 0 bridgehead atoms. The topological polar surface area (TPSA) is 23.8 Å². The van der Waals surface area contributed by atoms with Gasteiger partial charge in [0.15, 0.2) is 0 Å². The van der Waals surface area contributed by atoms with Crippen molar-refractivity contribution in [1.29, 1.82) is 5.26 Å². The van der Waals surface area contributed by atoms with Gasteiger partial charge >= 0.3 is 0 Å². The quantitative estimate of drug-likeness (QED) is 0.761. The molecule has 0 aliphatic carbocycles. The van der Waals surface area contributed by atoms with Crippen LogP contribution in [-0.2, 0) is 5.75 Å². The van der Waals surface area contributed by atoms with Crippen LogP contribution in [0.25, 0.3) is 0 Å². The Hall–Kier alpha value is -1.31. The minimum Gasteiger partial charge on any atom is -0.207 e. The Bertz CT molecular complexity index is 607. The molecular weight excluding hydrogens is 313 g/mol. The monoisotopic (exact) mass is 321 g/mol. The minimum absolute atomic E-state index is 0.270. The average Bonchev–Trinajstić information content (AvgIpc) is 2.39. The van der Waals surface area contributed by atoms with Crippen LogP contribution in [0.4, 0.5) is 4.39 Å². The largest absolute Gasteiger partial charge is 0.207 e. The SMILES string of the molecule is N#Cc1ccc(F)c(CSc2ccccc2Br)c1. The van der Waals surface area contributed by atoms with Gasteiger partial charge in [-0.05, 0) is 51.8 Å². The molecule has 0 saturated carbocycles. The number of halogens is 2. The Morgan fingerprint density at radius 2 is 2.00 bits per heavy atom. The summed E-state index contributed by atoms with van der Waals surface area (Å²) >= 11 is 4.99. The van der Waals surface area contributed by atoms with E-state index in [1.54, 1.807) is 6.07 Å². The van der Waals surface area contributed by atoms with Gasteiger partial charge in [-0.1, -0.05) is 12.1 Å². The van der Waals surface area contributed by atoms with Crippen molar-refractivity contribution in [3.05, 3.63) is 63.9 Å². The predicted octanol–water partition coefficient (Wildman–Crippen LogP) is 4.75. The van der Waals surface area contributed by atoms with Gasteiger partial charge in [0.2, 0.25) is 0 Å². The first-order valence-electron chi connectivity index (χ1n) is 5.26. The second-order valence-electron chi connectivity index (χ2n) is 3.64. The van der Waals surface area contributed by atoms with Crippen molar-refractivity contribution in [2.24, 2.45) is 0 Å². The van der Waals surface area contributed by atoms with Gasteiger partial charge in [-0.25, -0.2) is 4.39 Å². The van der Waals surface area contributed by atoms with Crippen LogP contribution < -0.4 is 0 Å². The Morgan fingerprint density at radius 3 is 2.72 bits per heavy atom. The Kier molecular flexibility index (Phi) is 4.40. The van der Waals surface area contributed by atoms with Gasteiger partial charge in [0.1, 0.15) is 5.82 Å². The van der Waals surface area contributed by atoms with Crippen molar-refractivity contribution in [1.82, 2.24) is 0 Å². The average molecular weight is 322 g/mol. The van der Waals surface area contributed by atoms with Crippen LogP contribution in [0.2, 0.25) is 0 Å². The van der Waals surface area contributed by atoms with Gasteiger partial charge in [0.25, 0.3) is 0 Å². The highest BCUT2D eigenvalue weighted by atomic mass is 79.9. The molecule has 0 fully saturated rings. The zero-order chi connectivity index (χ0) is 13.0. The fourth-order valence-corrected chi connectivity index (χ4v) is 3.01. The molecule has 90 valence electrons. The van der Waals surface area contributed by atoms with Crippen LogP contribution in [0.3, 0.4) is 0 Å². The molecular formula is C14H9BrFNS. The van der Waals surface area contributed by atoms with E-state index >= 15 is 0 Å². The molecule has 0 aliphatic heterocycles. The zero-order valence-electron chi connectivity index (χ0n) is 9.36. The molecule has 0 N–H and O–H groups in total. The van der Waals surface area contributed by atoms with Gasteiger partial charge in [-0.2, -0.15) is 5.26 Å². The molecule has 0 aromatic heterocycles. The highest BCUT2D eigenvalue weighted by Gasteiger charge is 2.06. The first-order chi connectivity index (χ1) is 8.70. The summed E-state index contributed by atoms with van der Waals surface area (Å²) in [6.07, 6.45) is 0. The van der Waals surface area contributed by atoms with Crippen LogP contribution in [-0.4, -0.2) is 0 Å². The number of nitrogens with zero attached hydrogens (tertiary/aromatic N) is 1. The minimum atomic E-state index is -0.270. The highest BCUT2D eigenvalue weighted by Crippen LogP contribution is 2.30. The standard InChI is InChI=1S/C14H9BrFNS/c15-12-3-1-2-4-14(12)18-9-11-7-10(8-17)5-6-13(11)16/h1-7H,9H2. The third-order valence-electron chi connectivity index (χ3n) is 2.39. The number of hydrogen-bond acceptors (Lipinski definition) is 2. The van der Waals surface area contributed by atoms with E-state index in [9.17, 15) is 4.39 Å². The molecule has 0 aliphatic rings. The van der Waals surface area contributed by atoms with Crippen molar-refractivity contribution in [3.63, 3.8) is 0 Å². The van der Waals surface area contributed by atoms with Gasteiger partial charge in [-0.15, -0.1) is 11.8 Å². The molecule has 0 atom stereocenters. The summed E-state index contributed by atoms with van der Waals surface area (Å²) in [5, 5.41) is 8.80.